The van der Waals surface area contributed by atoms with Crippen LogP contribution in [0.15, 0.2) is 48.8 Å². The van der Waals surface area contributed by atoms with Gasteiger partial charge in [-0.05, 0) is 24.3 Å². The molecule has 22 heavy (non-hydrogen) atoms. The van der Waals surface area contributed by atoms with E-state index in [-0.39, 0.29) is 0 Å². The monoisotopic (exact) mass is 308 g/mol. The Morgan fingerprint density at radius 3 is 2.86 bits per heavy atom. The van der Waals surface area contributed by atoms with Crippen LogP contribution in [-0.2, 0) is 0 Å². The summed E-state index contributed by atoms with van der Waals surface area (Å²) in [7, 11) is 0. The van der Waals surface area contributed by atoms with Gasteiger partial charge in [0.05, 0.1) is 27.7 Å². The van der Waals surface area contributed by atoms with Crippen molar-refractivity contribution in [1.82, 2.24) is 20.2 Å². The van der Waals surface area contributed by atoms with Gasteiger partial charge in [-0.15, -0.1) is 11.3 Å². The van der Waals surface area contributed by atoms with E-state index in [1.165, 1.54) is 0 Å². The number of nitrogens with two attached hydrogens (primary N) is 1. The lowest BCUT2D eigenvalue weighted by Crippen LogP contribution is -1.94. The molecule has 4 aromatic rings. The maximum atomic E-state index is 6.04. The van der Waals surface area contributed by atoms with Crippen LogP contribution in [0.5, 0.6) is 0 Å². The molecule has 3 aromatic heterocycles. The molecule has 0 amide bonds. The van der Waals surface area contributed by atoms with Gasteiger partial charge >= 0.3 is 0 Å². The van der Waals surface area contributed by atoms with Crippen LogP contribution < -0.4 is 11.1 Å². The summed E-state index contributed by atoms with van der Waals surface area (Å²) < 4.78 is 1.12. The quantitative estimate of drug-likeness (QED) is 0.539. The fraction of sp³-hybridized carbons (Fsp3) is 0. The van der Waals surface area contributed by atoms with Crippen molar-refractivity contribution < 1.29 is 0 Å². The molecule has 3 heterocycles. The number of thiazole rings is 1. The molecular formula is C15H12N6S. The summed E-state index contributed by atoms with van der Waals surface area (Å²) in [6.07, 6.45) is 3.45. The normalized spacial score (nSPS) is 10.9. The molecule has 6 nitrogen and oxygen atoms in total. The zero-order valence-electron chi connectivity index (χ0n) is 11.4. The number of anilines is 3. The van der Waals surface area contributed by atoms with Gasteiger partial charge in [-0.3, -0.25) is 10.1 Å². The minimum Gasteiger partial charge on any atom is -0.383 e. The van der Waals surface area contributed by atoms with Gasteiger partial charge in [0.1, 0.15) is 10.8 Å². The van der Waals surface area contributed by atoms with Crippen LogP contribution in [0.2, 0.25) is 0 Å². The number of hydrogen-bond donors (Lipinski definition) is 3. The number of para-hydroxylation sites is 1. The number of aromatic amines is 1. The molecule has 0 aliphatic rings. The highest BCUT2D eigenvalue weighted by Crippen LogP contribution is 2.37. The van der Waals surface area contributed by atoms with Crippen molar-refractivity contribution in [1.29, 1.82) is 0 Å². The SMILES string of the molecule is Nc1[nH]nc(Nc2cccnc2)c1-c1nc2ccccc2s1. The van der Waals surface area contributed by atoms with Gasteiger partial charge in [-0.25, -0.2) is 4.98 Å². The summed E-state index contributed by atoms with van der Waals surface area (Å²) >= 11 is 1.59. The van der Waals surface area contributed by atoms with E-state index in [2.05, 4.69) is 25.5 Å². The third kappa shape index (κ3) is 2.17. The lowest BCUT2D eigenvalue weighted by atomic mass is 10.3. The number of fused-ring (bicyclic) bond motifs is 1. The first kappa shape index (κ1) is 12.8. The van der Waals surface area contributed by atoms with Gasteiger partial charge < -0.3 is 11.1 Å². The average molecular weight is 308 g/mol. The van der Waals surface area contributed by atoms with Gasteiger partial charge in [-0.2, -0.15) is 5.10 Å². The molecule has 0 spiro atoms. The topological polar surface area (TPSA) is 92.5 Å². The third-order valence-electron chi connectivity index (χ3n) is 3.23. The smallest absolute Gasteiger partial charge is 0.164 e. The van der Waals surface area contributed by atoms with Crippen LogP contribution in [-0.4, -0.2) is 20.2 Å². The van der Waals surface area contributed by atoms with Crippen molar-refractivity contribution in [2.45, 2.75) is 0 Å². The highest BCUT2D eigenvalue weighted by molar-refractivity contribution is 7.21. The van der Waals surface area contributed by atoms with Gasteiger partial charge in [0.25, 0.3) is 0 Å². The predicted molar refractivity (Wildman–Crippen MR) is 89.1 cm³/mol. The minimum atomic E-state index is 0.491. The Morgan fingerprint density at radius 1 is 1.14 bits per heavy atom. The van der Waals surface area contributed by atoms with Crippen molar-refractivity contribution in [3.05, 3.63) is 48.8 Å². The number of aromatic nitrogens is 4. The molecule has 1 aromatic carbocycles. The number of hydrogen-bond acceptors (Lipinski definition) is 6. The second-order valence-corrected chi connectivity index (χ2v) is 5.74. The summed E-state index contributed by atoms with van der Waals surface area (Å²) in [5.74, 6) is 1.13. The van der Waals surface area contributed by atoms with E-state index in [4.69, 9.17) is 5.73 Å². The van der Waals surface area contributed by atoms with Crippen molar-refractivity contribution >= 4 is 38.9 Å². The van der Waals surface area contributed by atoms with Crippen LogP contribution in [0.25, 0.3) is 20.8 Å². The number of nitrogens with one attached hydrogen (secondary N) is 2. The molecule has 7 heteroatoms. The Labute approximate surface area is 130 Å². The Kier molecular flexibility index (Phi) is 2.97. The van der Waals surface area contributed by atoms with Crippen molar-refractivity contribution in [3.63, 3.8) is 0 Å². The number of nitrogens with zero attached hydrogens (tertiary/aromatic N) is 3. The number of pyridine rings is 1. The summed E-state index contributed by atoms with van der Waals surface area (Å²) in [5.41, 5.74) is 8.62. The maximum absolute atomic E-state index is 6.04. The van der Waals surface area contributed by atoms with Gasteiger partial charge in [-0.1, -0.05) is 12.1 Å². The lowest BCUT2D eigenvalue weighted by molar-refractivity contribution is 1.10. The molecule has 0 unspecified atom stereocenters. The van der Waals surface area contributed by atoms with E-state index in [0.29, 0.717) is 11.6 Å². The highest BCUT2D eigenvalue weighted by atomic mass is 32.1. The fourth-order valence-electron chi connectivity index (χ4n) is 2.21. The van der Waals surface area contributed by atoms with Crippen LogP contribution in [0.3, 0.4) is 0 Å². The van der Waals surface area contributed by atoms with E-state index in [0.717, 1.165) is 26.5 Å². The molecule has 0 aliphatic carbocycles. The maximum Gasteiger partial charge on any atom is 0.164 e. The second-order valence-electron chi connectivity index (χ2n) is 4.71. The summed E-state index contributed by atoms with van der Waals surface area (Å²) in [6.45, 7) is 0. The molecular weight excluding hydrogens is 296 g/mol. The first-order valence-electron chi connectivity index (χ1n) is 6.68. The molecule has 0 fully saturated rings. The van der Waals surface area contributed by atoms with E-state index in [1.807, 2.05) is 36.4 Å². The minimum absolute atomic E-state index is 0.491. The standard InChI is InChI=1S/C15H12N6S/c16-13-12(15-19-10-5-1-2-6-11(10)22-15)14(21-20-13)18-9-4-3-7-17-8-9/h1-8H,(H4,16,18,20,21). The van der Waals surface area contributed by atoms with E-state index in [1.54, 1.807) is 23.7 Å². The van der Waals surface area contributed by atoms with E-state index in [9.17, 15) is 0 Å². The summed E-state index contributed by atoms with van der Waals surface area (Å²) in [5, 5.41) is 11.1. The molecule has 4 rings (SSSR count). The molecule has 108 valence electrons. The number of nitrogen functional groups attached to an aromatic ring is 1. The van der Waals surface area contributed by atoms with E-state index < -0.39 is 0 Å². The number of H-pyrrole nitrogens is 1. The molecule has 0 radical (unpaired) electrons. The molecule has 0 bridgehead atoms. The molecule has 4 N–H and O–H groups in total. The molecule has 0 saturated carbocycles. The summed E-state index contributed by atoms with van der Waals surface area (Å²) in [6, 6.07) is 11.8. The first-order chi connectivity index (χ1) is 10.8. The third-order valence-corrected chi connectivity index (χ3v) is 4.28. The first-order valence-corrected chi connectivity index (χ1v) is 7.50. The van der Waals surface area contributed by atoms with Crippen LogP contribution in [0, 0.1) is 0 Å². The van der Waals surface area contributed by atoms with Crippen LogP contribution in [0.4, 0.5) is 17.3 Å². The Bertz CT molecular complexity index is 895. The van der Waals surface area contributed by atoms with Gasteiger partial charge in [0, 0.05) is 6.20 Å². The Balaban J connectivity index is 1.79. The van der Waals surface area contributed by atoms with Crippen molar-refractivity contribution in [3.8, 4) is 10.6 Å². The van der Waals surface area contributed by atoms with Crippen LogP contribution >= 0.6 is 11.3 Å². The second kappa shape index (κ2) is 5.12. The molecule has 0 aliphatic heterocycles. The van der Waals surface area contributed by atoms with Gasteiger partial charge in [0.2, 0.25) is 0 Å². The zero-order valence-corrected chi connectivity index (χ0v) is 12.3. The summed E-state index contributed by atoms with van der Waals surface area (Å²) in [4.78, 5) is 8.72. The average Bonchev–Trinajstić information content (AvgIpc) is 3.11. The lowest BCUT2D eigenvalue weighted by Gasteiger charge is -2.03. The number of rotatable bonds is 3. The van der Waals surface area contributed by atoms with E-state index >= 15 is 0 Å². The fourth-order valence-corrected chi connectivity index (χ4v) is 3.24. The largest absolute Gasteiger partial charge is 0.383 e. The Morgan fingerprint density at radius 2 is 2.05 bits per heavy atom. The van der Waals surface area contributed by atoms with Crippen LogP contribution in [0.1, 0.15) is 0 Å². The predicted octanol–water partition coefficient (Wildman–Crippen LogP) is 3.41. The van der Waals surface area contributed by atoms with Gasteiger partial charge in [0.15, 0.2) is 5.82 Å². The molecule has 0 atom stereocenters. The zero-order chi connectivity index (χ0) is 14.9. The number of benzene rings is 1. The Hall–Kier alpha value is -2.93. The van der Waals surface area contributed by atoms with Crippen molar-refractivity contribution in [2.24, 2.45) is 0 Å². The highest BCUT2D eigenvalue weighted by Gasteiger charge is 2.17. The molecule has 0 saturated heterocycles. The van der Waals surface area contributed by atoms with Crippen molar-refractivity contribution in [2.75, 3.05) is 11.1 Å².